The van der Waals surface area contributed by atoms with E-state index in [2.05, 4.69) is 10.1 Å². The predicted molar refractivity (Wildman–Crippen MR) is 69.5 cm³/mol. The first kappa shape index (κ1) is 12.6. The molecule has 0 atom stereocenters. The molecule has 2 heterocycles. The number of rotatable bonds is 4. The Kier molecular flexibility index (Phi) is 3.62. The second-order valence-corrected chi connectivity index (χ2v) is 4.18. The summed E-state index contributed by atoms with van der Waals surface area (Å²) < 4.78 is 7.04. The van der Waals surface area contributed by atoms with Gasteiger partial charge >= 0.3 is 0 Å². The molecule has 18 heavy (non-hydrogen) atoms. The predicted octanol–water partition coefficient (Wildman–Crippen LogP) is 1.41. The summed E-state index contributed by atoms with van der Waals surface area (Å²) in [6, 6.07) is 5.72. The summed E-state index contributed by atoms with van der Waals surface area (Å²) in [7, 11) is 1.61. The van der Waals surface area contributed by atoms with Crippen molar-refractivity contribution in [2.75, 3.05) is 7.11 Å². The van der Waals surface area contributed by atoms with Crippen molar-refractivity contribution in [2.24, 2.45) is 5.73 Å². The van der Waals surface area contributed by atoms with Crippen LogP contribution in [0.4, 0.5) is 0 Å². The van der Waals surface area contributed by atoms with E-state index in [9.17, 15) is 0 Å². The van der Waals surface area contributed by atoms with Crippen molar-refractivity contribution in [3.8, 4) is 5.88 Å². The monoisotopic (exact) mass is 246 g/mol. The lowest BCUT2D eigenvalue weighted by atomic mass is 10.2. The molecule has 0 bridgehead atoms. The number of pyridine rings is 1. The summed E-state index contributed by atoms with van der Waals surface area (Å²) in [6.07, 6.45) is 0. The molecule has 0 saturated heterocycles. The number of ether oxygens (including phenoxy) is 1. The lowest BCUT2D eigenvalue weighted by Gasteiger charge is -2.06. The lowest BCUT2D eigenvalue weighted by molar-refractivity contribution is 0.395. The molecule has 2 aromatic rings. The topological polar surface area (TPSA) is 66.0 Å². The maximum Gasteiger partial charge on any atom is 0.213 e. The Morgan fingerprint density at radius 1 is 1.33 bits per heavy atom. The zero-order valence-electron chi connectivity index (χ0n) is 11.0. The normalized spacial score (nSPS) is 10.7. The fourth-order valence-electron chi connectivity index (χ4n) is 2.00. The van der Waals surface area contributed by atoms with E-state index in [1.165, 1.54) is 0 Å². The van der Waals surface area contributed by atoms with Crippen LogP contribution in [0.1, 0.15) is 22.6 Å². The largest absolute Gasteiger partial charge is 0.481 e. The standard InChI is InChI=1S/C13H18N4O/c1-9-12(7-14)10(2)17(16-9)8-11-5-4-6-13(15-11)18-3/h4-6H,7-8,14H2,1-3H3. The van der Waals surface area contributed by atoms with Crippen LogP contribution in [-0.4, -0.2) is 21.9 Å². The second kappa shape index (κ2) is 5.18. The zero-order chi connectivity index (χ0) is 13.1. The zero-order valence-corrected chi connectivity index (χ0v) is 11.0. The molecule has 5 heteroatoms. The fraction of sp³-hybridized carbons (Fsp3) is 0.385. The highest BCUT2D eigenvalue weighted by Gasteiger charge is 2.10. The average Bonchev–Trinajstić information content (AvgIpc) is 2.64. The van der Waals surface area contributed by atoms with E-state index in [-0.39, 0.29) is 0 Å². The molecule has 2 aromatic heterocycles. The van der Waals surface area contributed by atoms with Crippen molar-refractivity contribution in [3.63, 3.8) is 0 Å². The Morgan fingerprint density at radius 2 is 2.11 bits per heavy atom. The minimum absolute atomic E-state index is 0.517. The van der Waals surface area contributed by atoms with Crippen molar-refractivity contribution >= 4 is 0 Å². The summed E-state index contributed by atoms with van der Waals surface area (Å²) in [6.45, 7) is 5.15. The highest BCUT2D eigenvalue weighted by atomic mass is 16.5. The van der Waals surface area contributed by atoms with Crippen molar-refractivity contribution in [1.29, 1.82) is 0 Å². The van der Waals surface area contributed by atoms with Crippen LogP contribution in [0, 0.1) is 13.8 Å². The SMILES string of the molecule is COc1cccc(Cn2nc(C)c(CN)c2C)n1. The smallest absolute Gasteiger partial charge is 0.213 e. The van der Waals surface area contributed by atoms with Crippen LogP contribution in [0.25, 0.3) is 0 Å². The van der Waals surface area contributed by atoms with Gasteiger partial charge in [0, 0.05) is 23.9 Å². The molecule has 0 aliphatic rings. The molecule has 0 aliphatic heterocycles. The Balaban J connectivity index is 2.28. The molecule has 0 amide bonds. The molecule has 0 aromatic carbocycles. The molecule has 0 radical (unpaired) electrons. The van der Waals surface area contributed by atoms with Gasteiger partial charge < -0.3 is 10.5 Å². The van der Waals surface area contributed by atoms with Crippen LogP contribution in [-0.2, 0) is 13.1 Å². The molecule has 0 spiro atoms. The van der Waals surface area contributed by atoms with E-state index in [4.69, 9.17) is 10.5 Å². The first-order valence-corrected chi connectivity index (χ1v) is 5.88. The number of aryl methyl sites for hydroxylation is 1. The highest BCUT2D eigenvalue weighted by Crippen LogP contribution is 2.14. The first-order valence-electron chi connectivity index (χ1n) is 5.88. The molecule has 0 aliphatic carbocycles. The van der Waals surface area contributed by atoms with Crippen molar-refractivity contribution in [1.82, 2.24) is 14.8 Å². The third-order valence-corrected chi connectivity index (χ3v) is 3.04. The molecule has 2 rings (SSSR count). The van der Waals surface area contributed by atoms with Gasteiger partial charge in [-0.2, -0.15) is 5.10 Å². The number of nitrogens with zero attached hydrogens (tertiary/aromatic N) is 3. The van der Waals surface area contributed by atoms with Gasteiger partial charge in [-0.1, -0.05) is 6.07 Å². The summed E-state index contributed by atoms with van der Waals surface area (Å²) in [5.41, 5.74) is 9.83. The van der Waals surface area contributed by atoms with Crippen LogP contribution in [0.2, 0.25) is 0 Å². The third kappa shape index (κ3) is 2.36. The van der Waals surface area contributed by atoms with E-state index in [1.807, 2.05) is 36.7 Å². The summed E-state index contributed by atoms with van der Waals surface area (Å²) in [5, 5.41) is 4.49. The number of aromatic nitrogens is 3. The summed E-state index contributed by atoms with van der Waals surface area (Å²) in [4.78, 5) is 4.38. The second-order valence-electron chi connectivity index (χ2n) is 4.18. The Morgan fingerprint density at radius 3 is 2.72 bits per heavy atom. The minimum Gasteiger partial charge on any atom is -0.481 e. The molecule has 96 valence electrons. The maximum atomic E-state index is 5.71. The number of hydrogen-bond donors (Lipinski definition) is 1. The quantitative estimate of drug-likeness (QED) is 0.885. The molecule has 0 saturated carbocycles. The lowest BCUT2D eigenvalue weighted by Crippen LogP contribution is -2.07. The van der Waals surface area contributed by atoms with Gasteiger partial charge in [-0.25, -0.2) is 4.98 Å². The fourth-order valence-corrected chi connectivity index (χ4v) is 2.00. The van der Waals surface area contributed by atoms with Gasteiger partial charge in [0.2, 0.25) is 5.88 Å². The van der Waals surface area contributed by atoms with Gasteiger partial charge in [0.05, 0.1) is 25.0 Å². The Bertz CT molecular complexity index is 548. The first-order chi connectivity index (χ1) is 8.65. The summed E-state index contributed by atoms with van der Waals surface area (Å²) in [5.74, 6) is 0.619. The highest BCUT2D eigenvalue weighted by molar-refractivity contribution is 5.25. The van der Waals surface area contributed by atoms with E-state index in [0.29, 0.717) is 19.0 Å². The number of methoxy groups -OCH3 is 1. The average molecular weight is 246 g/mol. The van der Waals surface area contributed by atoms with Gasteiger partial charge in [-0.15, -0.1) is 0 Å². The van der Waals surface area contributed by atoms with Gasteiger partial charge in [-0.05, 0) is 19.9 Å². The van der Waals surface area contributed by atoms with Crippen LogP contribution in [0.15, 0.2) is 18.2 Å². The molecule has 0 unspecified atom stereocenters. The third-order valence-electron chi connectivity index (χ3n) is 3.04. The van der Waals surface area contributed by atoms with Crippen LogP contribution in [0.3, 0.4) is 0 Å². The minimum atomic E-state index is 0.517. The molecule has 2 N–H and O–H groups in total. The van der Waals surface area contributed by atoms with Crippen molar-refractivity contribution in [2.45, 2.75) is 26.9 Å². The Labute approximate surface area is 107 Å². The van der Waals surface area contributed by atoms with Crippen LogP contribution < -0.4 is 10.5 Å². The van der Waals surface area contributed by atoms with Gasteiger partial charge in [-0.3, -0.25) is 4.68 Å². The van der Waals surface area contributed by atoms with E-state index in [1.54, 1.807) is 7.11 Å². The van der Waals surface area contributed by atoms with Crippen LogP contribution in [0.5, 0.6) is 5.88 Å². The number of hydrogen-bond acceptors (Lipinski definition) is 4. The van der Waals surface area contributed by atoms with Crippen molar-refractivity contribution in [3.05, 3.63) is 40.8 Å². The van der Waals surface area contributed by atoms with Crippen molar-refractivity contribution < 1.29 is 4.74 Å². The van der Waals surface area contributed by atoms with Gasteiger partial charge in [0.25, 0.3) is 0 Å². The van der Waals surface area contributed by atoms with E-state index >= 15 is 0 Å². The van der Waals surface area contributed by atoms with Crippen LogP contribution >= 0.6 is 0 Å². The molecular formula is C13H18N4O. The van der Waals surface area contributed by atoms with Gasteiger partial charge in [0.1, 0.15) is 0 Å². The Hall–Kier alpha value is -1.88. The number of nitrogens with two attached hydrogens (primary N) is 1. The molecular weight excluding hydrogens is 228 g/mol. The maximum absolute atomic E-state index is 5.71. The molecule has 5 nitrogen and oxygen atoms in total. The van der Waals surface area contributed by atoms with E-state index < -0.39 is 0 Å². The van der Waals surface area contributed by atoms with Gasteiger partial charge in [0.15, 0.2) is 0 Å². The van der Waals surface area contributed by atoms with E-state index in [0.717, 1.165) is 22.6 Å². The summed E-state index contributed by atoms with van der Waals surface area (Å²) >= 11 is 0. The molecule has 0 fully saturated rings.